The molecule has 0 amide bonds. The average Bonchev–Trinajstić information content (AvgIpc) is 2.28. The van der Waals surface area contributed by atoms with Gasteiger partial charge in [-0.1, -0.05) is 34.8 Å². The maximum absolute atomic E-state index is 12.3. The Balaban J connectivity index is 2.30. The first-order valence-corrected chi connectivity index (χ1v) is 6.62. The fourth-order valence-electron chi connectivity index (χ4n) is 2.07. The second kappa shape index (κ2) is 5.57. The summed E-state index contributed by atoms with van der Waals surface area (Å²) in [6, 6.07) is 3.12. The van der Waals surface area contributed by atoms with Gasteiger partial charge in [-0.3, -0.25) is 4.79 Å². The number of Topliss-reactive ketones (excluding diaryl/α,β-unsaturated/α-hetero) is 1. The second-order valence-corrected chi connectivity index (χ2v) is 5.38. The highest BCUT2D eigenvalue weighted by molar-refractivity contribution is 6.42. The van der Waals surface area contributed by atoms with Crippen LogP contribution in [0.4, 0.5) is 0 Å². The van der Waals surface area contributed by atoms with Crippen LogP contribution in [0.3, 0.4) is 0 Å². The molecule has 0 radical (unpaired) electrons. The summed E-state index contributed by atoms with van der Waals surface area (Å²) in [6.07, 6.45) is 1.65. The Morgan fingerprint density at radius 3 is 2.18 bits per heavy atom. The highest BCUT2D eigenvalue weighted by atomic mass is 35.5. The normalized spacial score (nSPS) is 17.1. The molecule has 2 nitrogen and oxygen atoms in total. The number of hydrogen-bond donors (Lipinski definition) is 1. The molecule has 1 heterocycles. The highest BCUT2D eigenvalue weighted by Crippen LogP contribution is 2.32. The number of halogens is 3. The number of benzene rings is 1. The summed E-state index contributed by atoms with van der Waals surface area (Å²) in [6.45, 7) is 1.72. The SMILES string of the molecule is O=C(c1c(Cl)cc(Cl)cc1Cl)C1CCNCC1. The highest BCUT2D eigenvalue weighted by Gasteiger charge is 2.26. The van der Waals surface area contributed by atoms with Gasteiger partial charge >= 0.3 is 0 Å². The van der Waals surface area contributed by atoms with Crippen molar-refractivity contribution < 1.29 is 4.79 Å². The van der Waals surface area contributed by atoms with E-state index >= 15 is 0 Å². The Hall–Kier alpha value is -0.280. The molecule has 17 heavy (non-hydrogen) atoms. The lowest BCUT2D eigenvalue weighted by Gasteiger charge is -2.22. The molecule has 0 bridgehead atoms. The maximum Gasteiger partial charge on any atom is 0.169 e. The molecule has 0 atom stereocenters. The number of nitrogens with one attached hydrogen (secondary N) is 1. The van der Waals surface area contributed by atoms with E-state index in [1.54, 1.807) is 12.1 Å². The smallest absolute Gasteiger partial charge is 0.169 e. The van der Waals surface area contributed by atoms with E-state index in [9.17, 15) is 4.79 Å². The van der Waals surface area contributed by atoms with Crippen molar-refractivity contribution in [1.82, 2.24) is 5.32 Å². The van der Waals surface area contributed by atoms with Gasteiger partial charge in [0.15, 0.2) is 5.78 Å². The molecule has 5 heteroatoms. The quantitative estimate of drug-likeness (QED) is 0.839. The molecule has 1 aliphatic rings. The van der Waals surface area contributed by atoms with E-state index in [2.05, 4.69) is 5.32 Å². The first-order valence-electron chi connectivity index (χ1n) is 5.49. The third kappa shape index (κ3) is 2.94. The maximum atomic E-state index is 12.3. The summed E-state index contributed by atoms with van der Waals surface area (Å²) in [7, 11) is 0. The van der Waals surface area contributed by atoms with Crippen LogP contribution in [0.25, 0.3) is 0 Å². The van der Waals surface area contributed by atoms with Crippen LogP contribution >= 0.6 is 34.8 Å². The third-order valence-corrected chi connectivity index (χ3v) is 3.78. The molecule has 1 saturated heterocycles. The second-order valence-electron chi connectivity index (χ2n) is 4.13. The Morgan fingerprint density at radius 2 is 1.65 bits per heavy atom. The van der Waals surface area contributed by atoms with Gasteiger partial charge in [-0.25, -0.2) is 0 Å². The van der Waals surface area contributed by atoms with Gasteiger partial charge in [-0.05, 0) is 38.1 Å². The van der Waals surface area contributed by atoms with Crippen LogP contribution in [0, 0.1) is 5.92 Å². The van der Waals surface area contributed by atoms with E-state index in [0.717, 1.165) is 25.9 Å². The minimum atomic E-state index is 0.00688. The molecule has 1 aromatic carbocycles. The van der Waals surface area contributed by atoms with E-state index < -0.39 is 0 Å². The van der Waals surface area contributed by atoms with E-state index in [1.807, 2.05) is 0 Å². The van der Waals surface area contributed by atoms with Crippen molar-refractivity contribution in [1.29, 1.82) is 0 Å². The number of carbonyl (C=O) groups excluding carboxylic acids is 1. The molecule has 0 saturated carbocycles. The topological polar surface area (TPSA) is 29.1 Å². The number of hydrogen-bond acceptors (Lipinski definition) is 2. The molecule has 0 spiro atoms. The van der Waals surface area contributed by atoms with Crippen molar-refractivity contribution in [3.8, 4) is 0 Å². The zero-order valence-corrected chi connectivity index (χ0v) is 11.4. The van der Waals surface area contributed by atoms with Crippen molar-refractivity contribution >= 4 is 40.6 Å². The fourth-order valence-corrected chi connectivity index (χ4v) is 3.07. The van der Waals surface area contributed by atoms with E-state index in [1.165, 1.54) is 0 Å². The first-order chi connectivity index (χ1) is 8.09. The Labute approximate surface area is 115 Å². The first kappa shape index (κ1) is 13.2. The van der Waals surface area contributed by atoms with Gasteiger partial charge < -0.3 is 5.32 Å². The third-order valence-electron chi connectivity index (χ3n) is 2.96. The van der Waals surface area contributed by atoms with Crippen LogP contribution in [0.5, 0.6) is 0 Å². The zero-order chi connectivity index (χ0) is 12.4. The van der Waals surface area contributed by atoms with Crippen molar-refractivity contribution in [3.63, 3.8) is 0 Å². The summed E-state index contributed by atoms with van der Waals surface area (Å²) in [4.78, 5) is 12.3. The predicted molar refractivity (Wildman–Crippen MR) is 71.4 cm³/mol. The number of ketones is 1. The average molecular weight is 293 g/mol. The zero-order valence-electron chi connectivity index (χ0n) is 9.10. The minimum Gasteiger partial charge on any atom is -0.317 e. The van der Waals surface area contributed by atoms with Crippen molar-refractivity contribution in [3.05, 3.63) is 32.8 Å². The lowest BCUT2D eigenvalue weighted by atomic mass is 9.89. The van der Waals surface area contributed by atoms with Gasteiger partial charge in [0.05, 0.1) is 15.6 Å². The molecule has 0 aliphatic carbocycles. The predicted octanol–water partition coefficient (Wildman–Crippen LogP) is 3.83. The lowest BCUT2D eigenvalue weighted by Crippen LogP contribution is -2.32. The summed E-state index contributed by atoms with van der Waals surface area (Å²) in [5.74, 6) is 0.0330. The van der Waals surface area contributed by atoms with Crippen LogP contribution in [0.15, 0.2) is 12.1 Å². The molecule has 1 aliphatic heterocycles. The van der Waals surface area contributed by atoms with Crippen LogP contribution in [0.1, 0.15) is 23.2 Å². The van der Waals surface area contributed by atoms with Gasteiger partial charge in [0, 0.05) is 10.9 Å². The molecule has 1 aromatic rings. The minimum absolute atomic E-state index is 0.00688. The molecular weight excluding hydrogens is 280 g/mol. The molecule has 92 valence electrons. The Bertz CT molecular complexity index is 418. The number of piperidine rings is 1. The van der Waals surface area contributed by atoms with Crippen molar-refractivity contribution in [2.75, 3.05) is 13.1 Å². The fraction of sp³-hybridized carbons (Fsp3) is 0.417. The van der Waals surface area contributed by atoms with Gasteiger partial charge in [0.1, 0.15) is 0 Å². The molecule has 1 fully saturated rings. The summed E-state index contributed by atoms with van der Waals surface area (Å²) < 4.78 is 0. The van der Waals surface area contributed by atoms with Gasteiger partial charge in [-0.2, -0.15) is 0 Å². The molecular formula is C12H12Cl3NO. The van der Waals surface area contributed by atoms with Gasteiger partial charge in [0.2, 0.25) is 0 Å². The van der Waals surface area contributed by atoms with Crippen LogP contribution in [-0.4, -0.2) is 18.9 Å². The van der Waals surface area contributed by atoms with Crippen LogP contribution in [0.2, 0.25) is 15.1 Å². The van der Waals surface area contributed by atoms with Crippen molar-refractivity contribution in [2.24, 2.45) is 5.92 Å². The van der Waals surface area contributed by atoms with E-state index in [-0.39, 0.29) is 11.7 Å². The number of rotatable bonds is 2. The Morgan fingerprint density at radius 1 is 1.12 bits per heavy atom. The summed E-state index contributed by atoms with van der Waals surface area (Å²) in [5, 5.41) is 4.34. The molecule has 2 rings (SSSR count). The summed E-state index contributed by atoms with van der Waals surface area (Å²) in [5.41, 5.74) is 0.407. The monoisotopic (exact) mass is 291 g/mol. The van der Waals surface area contributed by atoms with Crippen LogP contribution in [-0.2, 0) is 0 Å². The van der Waals surface area contributed by atoms with E-state index in [0.29, 0.717) is 20.6 Å². The van der Waals surface area contributed by atoms with Gasteiger partial charge in [0.25, 0.3) is 0 Å². The van der Waals surface area contributed by atoms with Crippen molar-refractivity contribution in [2.45, 2.75) is 12.8 Å². The van der Waals surface area contributed by atoms with Crippen LogP contribution < -0.4 is 5.32 Å². The lowest BCUT2D eigenvalue weighted by molar-refractivity contribution is 0.0895. The standard InChI is InChI=1S/C12H12Cl3NO/c13-8-5-9(14)11(10(15)6-8)12(17)7-1-3-16-4-2-7/h5-7,16H,1-4H2. The largest absolute Gasteiger partial charge is 0.317 e. The van der Waals surface area contributed by atoms with Gasteiger partial charge in [-0.15, -0.1) is 0 Å². The number of carbonyl (C=O) groups is 1. The molecule has 1 N–H and O–H groups in total. The summed E-state index contributed by atoms with van der Waals surface area (Å²) >= 11 is 17.9. The molecule has 0 unspecified atom stereocenters. The molecule has 0 aromatic heterocycles. The Kier molecular flexibility index (Phi) is 4.31. The van der Waals surface area contributed by atoms with E-state index in [4.69, 9.17) is 34.8 Å².